The van der Waals surface area contributed by atoms with Crippen molar-refractivity contribution in [3.8, 4) is 0 Å². The second kappa shape index (κ2) is 7.64. The van der Waals surface area contributed by atoms with Crippen LogP contribution in [0.4, 0.5) is 11.4 Å². The molecule has 134 valence electrons. The van der Waals surface area contributed by atoms with E-state index in [1.165, 1.54) is 24.0 Å². The third-order valence-corrected chi connectivity index (χ3v) is 5.47. The molecule has 1 amide bonds. The lowest BCUT2D eigenvalue weighted by Crippen LogP contribution is -2.48. The molecule has 0 heterocycles. The van der Waals surface area contributed by atoms with Crippen molar-refractivity contribution < 1.29 is 13.2 Å². The minimum atomic E-state index is -3.77. The maximum absolute atomic E-state index is 12.8. The van der Waals surface area contributed by atoms with E-state index in [0.29, 0.717) is 10.7 Å². The van der Waals surface area contributed by atoms with Crippen LogP contribution in [0.25, 0.3) is 0 Å². The lowest BCUT2D eigenvalue weighted by atomic mass is 10.2. The van der Waals surface area contributed by atoms with Gasteiger partial charge in [-0.1, -0.05) is 41.4 Å². The molecule has 0 saturated carbocycles. The SMILES string of the molecule is CC(C(=O)N(C)c1ccccc1)N(c1cc(Cl)ccc1Cl)S(C)(=O)=O. The molecule has 0 aliphatic carbocycles. The Morgan fingerprint density at radius 2 is 1.68 bits per heavy atom. The molecule has 8 heteroatoms. The molecule has 0 bridgehead atoms. The van der Waals surface area contributed by atoms with Crippen molar-refractivity contribution in [2.24, 2.45) is 0 Å². The van der Waals surface area contributed by atoms with E-state index in [-0.39, 0.29) is 10.7 Å². The topological polar surface area (TPSA) is 57.7 Å². The molecule has 2 aromatic rings. The summed E-state index contributed by atoms with van der Waals surface area (Å²) in [5.41, 5.74) is 0.823. The minimum absolute atomic E-state index is 0.166. The van der Waals surface area contributed by atoms with Gasteiger partial charge in [-0.05, 0) is 37.3 Å². The molecule has 0 radical (unpaired) electrons. The summed E-state index contributed by atoms with van der Waals surface area (Å²) < 4.78 is 25.7. The summed E-state index contributed by atoms with van der Waals surface area (Å²) in [5, 5.41) is 0.515. The van der Waals surface area contributed by atoms with Crippen molar-refractivity contribution >= 4 is 50.5 Å². The fourth-order valence-electron chi connectivity index (χ4n) is 2.49. The van der Waals surface area contributed by atoms with Crippen molar-refractivity contribution in [3.05, 3.63) is 58.6 Å². The number of benzene rings is 2. The number of carbonyl (C=O) groups is 1. The molecular formula is C17H18Cl2N2O3S. The van der Waals surface area contributed by atoms with Crippen molar-refractivity contribution in [2.75, 3.05) is 22.5 Å². The summed E-state index contributed by atoms with van der Waals surface area (Å²) >= 11 is 12.1. The zero-order valence-corrected chi connectivity index (χ0v) is 16.3. The Kier molecular flexibility index (Phi) is 5.98. The van der Waals surface area contributed by atoms with Crippen LogP contribution in [0.5, 0.6) is 0 Å². The lowest BCUT2D eigenvalue weighted by molar-refractivity contribution is -0.119. The number of carbonyl (C=O) groups excluding carboxylic acids is 1. The van der Waals surface area contributed by atoms with Crippen LogP contribution in [0.15, 0.2) is 48.5 Å². The minimum Gasteiger partial charge on any atom is -0.314 e. The molecule has 5 nitrogen and oxygen atoms in total. The lowest BCUT2D eigenvalue weighted by Gasteiger charge is -2.31. The highest BCUT2D eigenvalue weighted by atomic mass is 35.5. The first-order chi connectivity index (χ1) is 11.6. The van der Waals surface area contributed by atoms with Crippen LogP contribution in [0, 0.1) is 0 Å². The Bertz CT molecular complexity index is 873. The maximum Gasteiger partial charge on any atom is 0.250 e. The molecule has 0 spiro atoms. The molecule has 0 N–H and O–H groups in total. The van der Waals surface area contributed by atoms with Crippen LogP contribution in [-0.2, 0) is 14.8 Å². The number of likely N-dealkylation sites (N-methyl/N-ethyl adjacent to an activating group) is 1. The molecular weight excluding hydrogens is 383 g/mol. The summed E-state index contributed by atoms with van der Waals surface area (Å²) in [5.74, 6) is -0.396. The van der Waals surface area contributed by atoms with Gasteiger partial charge in [0.15, 0.2) is 0 Å². The summed E-state index contributed by atoms with van der Waals surface area (Å²) in [7, 11) is -2.18. The van der Waals surface area contributed by atoms with Crippen LogP contribution in [0.2, 0.25) is 10.0 Å². The number of amides is 1. The first kappa shape index (κ1) is 19.6. The number of nitrogens with zero attached hydrogens (tertiary/aromatic N) is 2. The maximum atomic E-state index is 12.8. The first-order valence-corrected chi connectivity index (χ1v) is 10.0. The zero-order valence-electron chi connectivity index (χ0n) is 14.0. The molecule has 0 aliphatic rings. The Balaban J connectivity index is 2.45. The molecule has 0 aliphatic heterocycles. The third-order valence-electron chi connectivity index (χ3n) is 3.69. The number of hydrogen-bond acceptors (Lipinski definition) is 3. The molecule has 2 aromatic carbocycles. The summed E-state index contributed by atoms with van der Waals surface area (Å²) in [4.78, 5) is 14.2. The number of halogens is 2. The summed E-state index contributed by atoms with van der Waals surface area (Å²) in [6.45, 7) is 1.51. The van der Waals surface area contributed by atoms with Gasteiger partial charge in [0, 0.05) is 17.8 Å². The highest BCUT2D eigenvalue weighted by molar-refractivity contribution is 7.92. The number of anilines is 2. The van der Waals surface area contributed by atoms with Gasteiger partial charge in [-0.25, -0.2) is 8.42 Å². The van der Waals surface area contributed by atoms with E-state index in [2.05, 4.69) is 0 Å². The van der Waals surface area contributed by atoms with Crippen molar-refractivity contribution in [3.63, 3.8) is 0 Å². The number of para-hydroxylation sites is 1. The van der Waals surface area contributed by atoms with Crippen molar-refractivity contribution in [2.45, 2.75) is 13.0 Å². The highest BCUT2D eigenvalue weighted by Gasteiger charge is 2.32. The van der Waals surface area contributed by atoms with Gasteiger partial charge in [-0.15, -0.1) is 0 Å². The molecule has 0 saturated heterocycles. The average Bonchev–Trinajstić information content (AvgIpc) is 2.56. The van der Waals surface area contributed by atoms with E-state index >= 15 is 0 Å². The van der Waals surface area contributed by atoms with Gasteiger partial charge in [-0.2, -0.15) is 0 Å². The van der Waals surface area contributed by atoms with Crippen molar-refractivity contribution in [1.82, 2.24) is 0 Å². The first-order valence-electron chi connectivity index (χ1n) is 7.40. The van der Waals surface area contributed by atoms with E-state index in [1.54, 1.807) is 37.4 Å². The van der Waals surface area contributed by atoms with Crippen LogP contribution < -0.4 is 9.21 Å². The zero-order chi connectivity index (χ0) is 18.8. The van der Waals surface area contributed by atoms with E-state index in [1.807, 2.05) is 6.07 Å². The van der Waals surface area contributed by atoms with Gasteiger partial charge in [0.1, 0.15) is 6.04 Å². The highest BCUT2D eigenvalue weighted by Crippen LogP contribution is 2.32. The molecule has 0 aromatic heterocycles. The Labute approximate surface area is 157 Å². The van der Waals surface area contributed by atoms with Gasteiger partial charge >= 0.3 is 0 Å². The summed E-state index contributed by atoms with van der Waals surface area (Å²) in [6, 6.07) is 12.4. The van der Waals surface area contributed by atoms with Crippen molar-refractivity contribution in [1.29, 1.82) is 0 Å². The second-order valence-corrected chi connectivity index (χ2v) is 8.27. The normalized spacial score (nSPS) is 12.5. The van der Waals surface area contributed by atoms with E-state index in [0.717, 1.165) is 10.6 Å². The fraction of sp³-hybridized carbons (Fsp3) is 0.235. The monoisotopic (exact) mass is 400 g/mol. The van der Waals surface area contributed by atoms with Crippen LogP contribution >= 0.6 is 23.2 Å². The van der Waals surface area contributed by atoms with Gasteiger partial charge in [-0.3, -0.25) is 9.10 Å². The molecule has 0 fully saturated rings. The Hall–Kier alpha value is -1.76. The van der Waals surface area contributed by atoms with Crippen LogP contribution in [0.3, 0.4) is 0 Å². The van der Waals surface area contributed by atoms with Gasteiger partial charge in [0.25, 0.3) is 0 Å². The third kappa shape index (κ3) is 4.45. The Morgan fingerprint density at radius 3 is 2.24 bits per heavy atom. The van der Waals surface area contributed by atoms with E-state index in [9.17, 15) is 13.2 Å². The fourth-order valence-corrected chi connectivity index (χ4v) is 4.09. The van der Waals surface area contributed by atoms with Crippen LogP contribution in [0.1, 0.15) is 6.92 Å². The molecule has 2 rings (SSSR count). The average molecular weight is 401 g/mol. The second-order valence-electron chi connectivity index (χ2n) is 5.56. The predicted octanol–water partition coefficient (Wildman–Crippen LogP) is 3.81. The number of rotatable bonds is 5. The number of sulfonamides is 1. The van der Waals surface area contributed by atoms with E-state index in [4.69, 9.17) is 23.2 Å². The standard InChI is InChI=1S/C17H18Cl2N2O3S/c1-12(17(22)20(2)14-7-5-4-6-8-14)21(25(3,23)24)16-11-13(18)9-10-15(16)19/h4-12H,1-3H3. The number of hydrogen-bond donors (Lipinski definition) is 0. The molecule has 1 atom stereocenters. The van der Waals surface area contributed by atoms with Crippen LogP contribution in [-0.4, -0.2) is 33.7 Å². The quantitative estimate of drug-likeness (QED) is 0.766. The summed E-state index contributed by atoms with van der Waals surface area (Å²) in [6.07, 6.45) is 1.02. The smallest absolute Gasteiger partial charge is 0.250 e. The van der Waals surface area contributed by atoms with Gasteiger partial charge in [0.2, 0.25) is 15.9 Å². The molecule has 25 heavy (non-hydrogen) atoms. The molecule has 1 unspecified atom stereocenters. The Morgan fingerprint density at radius 1 is 1.08 bits per heavy atom. The van der Waals surface area contributed by atoms with Gasteiger partial charge in [0.05, 0.1) is 17.0 Å². The van der Waals surface area contributed by atoms with Gasteiger partial charge < -0.3 is 4.90 Å². The largest absolute Gasteiger partial charge is 0.314 e. The predicted molar refractivity (Wildman–Crippen MR) is 103 cm³/mol. The van der Waals surface area contributed by atoms with E-state index < -0.39 is 22.0 Å².